The number of pyridine rings is 1. The van der Waals surface area contributed by atoms with Crippen LogP contribution in [0, 0.1) is 9.72 Å². The number of ether oxygens (including phenoxy) is 1. The van der Waals surface area contributed by atoms with E-state index in [0.717, 1.165) is 62.2 Å². The molecular formula is C58H60N4OPt. The van der Waals surface area contributed by atoms with Crippen LogP contribution in [0.15, 0.2) is 152 Å². The van der Waals surface area contributed by atoms with E-state index < -0.39 is 0 Å². The van der Waals surface area contributed by atoms with Gasteiger partial charge in [0.05, 0.1) is 0 Å². The number of anilines is 2. The summed E-state index contributed by atoms with van der Waals surface area (Å²) in [7, 11) is 0. The average Bonchev–Trinajstić information content (AvgIpc) is 3.56. The molecule has 64 heavy (non-hydrogen) atoms. The molecule has 5 nitrogen and oxygen atoms in total. The van der Waals surface area contributed by atoms with Crippen LogP contribution in [0.25, 0.3) is 44.7 Å². The Morgan fingerprint density at radius 2 is 1.12 bits per heavy atom. The van der Waals surface area contributed by atoms with Gasteiger partial charge in [0.25, 0.3) is 0 Å². The summed E-state index contributed by atoms with van der Waals surface area (Å²) in [6.45, 7) is 23.8. The molecule has 0 N–H and O–H groups in total. The molecule has 0 radical (unpaired) electrons. The van der Waals surface area contributed by atoms with Crippen LogP contribution in [-0.2, 0) is 42.0 Å². The molecule has 9 rings (SSSR count). The van der Waals surface area contributed by atoms with Gasteiger partial charge in [-0.2, -0.15) is 0 Å². The van der Waals surface area contributed by atoms with Crippen molar-refractivity contribution >= 4 is 22.5 Å². The van der Waals surface area contributed by atoms with Crippen LogP contribution in [0.1, 0.15) is 91.5 Å². The fourth-order valence-corrected chi connectivity index (χ4v) is 10.1. The van der Waals surface area contributed by atoms with Gasteiger partial charge in [0, 0.05) is 6.20 Å². The molecule has 0 saturated heterocycles. The van der Waals surface area contributed by atoms with E-state index in [4.69, 9.17) is 9.72 Å². The Morgan fingerprint density at radius 3 is 1.72 bits per heavy atom. The van der Waals surface area contributed by atoms with Gasteiger partial charge in [-0.3, -0.25) is 0 Å². The van der Waals surface area contributed by atoms with Crippen molar-refractivity contribution in [3.8, 4) is 45.1 Å². The standard InChI is InChI=1S/C58H60N4O.Pt/c1-39-29-42-25-26-47(36-53(42)60(37-39)54-34-43(27-28-59-54)56(2,3)4)63-48-31-44(57(5,6)7)30-46(35-48)61-38-62(52-24-18-17-23-51(52)61)55-49(40-19-13-11-14-20-40)32-45(58(8,9)10)33-50(55)41-21-15-12-16-22-41;/h11-28,30-36,39H,29,37H2,1-10H3;. The van der Waals surface area contributed by atoms with Crippen molar-refractivity contribution < 1.29 is 24.1 Å². The number of benzene rings is 6. The first-order valence-corrected chi connectivity index (χ1v) is 23.8. The van der Waals surface area contributed by atoms with E-state index >= 15 is 0 Å². The van der Waals surface area contributed by atoms with Gasteiger partial charge in [0.15, 0.2) is 0 Å². The zero-order valence-electron chi connectivity index (χ0n) is 38.9. The number of nitrogens with zero attached hydrogens (tertiary/aromatic N) is 4. The Balaban J connectivity index is 1.23. The maximum atomic E-state index is 7.00. The summed E-state index contributed by atoms with van der Waals surface area (Å²) < 4.78 is 13.0. The van der Waals surface area contributed by atoms with E-state index in [1.54, 1.807) is 0 Å². The molecule has 0 amide bonds. The monoisotopic (exact) mass is 1020 g/mol. The van der Waals surface area contributed by atoms with Crippen molar-refractivity contribution in [2.45, 2.75) is 91.9 Å². The first kappa shape index (κ1) is 43.5. The van der Waals surface area contributed by atoms with E-state index in [2.05, 4.69) is 248 Å². The summed E-state index contributed by atoms with van der Waals surface area (Å²) >= 11 is 2.56. The van der Waals surface area contributed by atoms with E-state index in [-0.39, 0.29) is 16.2 Å². The summed E-state index contributed by atoms with van der Waals surface area (Å²) in [5.74, 6) is 3.09. The minimum atomic E-state index is -0.144. The number of rotatable bonds is 7. The summed E-state index contributed by atoms with van der Waals surface area (Å²) in [5.41, 5.74) is 15.3. The van der Waals surface area contributed by atoms with Crippen molar-refractivity contribution in [1.29, 1.82) is 0 Å². The van der Waals surface area contributed by atoms with Crippen LogP contribution in [0.4, 0.5) is 11.5 Å². The van der Waals surface area contributed by atoms with Crippen molar-refractivity contribution in [1.82, 2.24) is 14.1 Å². The molecular weight excluding hydrogens is 964 g/mol. The van der Waals surface area contributed by atoms with Crippen LogP contribution in [0.2, 0.25) is 0 Å². The van der Waals surface area contributed by atoms with Gasteiger partial charge in [0.2, 0.25) is 0 Å². The number of hydrogen-bond acceptors (Lipinski definition) is 3. The molecule has 0 saturated carbocycles. The minimum absolute atomic E-state index is 0.0239. The molecule has 2 aromatic heterocycles. The van der Waals surface area contributed by atoms with Crippen molar-refractivity contribution in [3.05, 3.63) is 178 Å². The van der Waals surface area contributed by atoms with Gasteiger partial charge in [0.1, 0.15) is 0 Å². The molecule has 6 heteroatoms. The molecule has 1 aliphatic heterocycles. The summed E-state index contributed by atoms with van der Waals surface area (Å²) in [6.07, 6.45) is 2.97. The number of para-hydroxylation sites is 2. The van der Waals surface area contributed by atoms with E-state index in [1.165, 1.54) is 44.5 Å². The van der Waals surface area contributed by atoms with Crippen molar-refractivity contribution in [2.75, 3.05) is 11.4 Å². The topological polar surface area (TPSA) is 35.2 Å². The maximum absolute atomic E-state index is 7.00. The number of fused-ring (bicyclic) bond motifs is 2. The van der Waals surface area contributed by atoms with Crippen LogP contribution in [0.5, 0.6) is 11.5 Å². The second kappa shape index (κ2) is 16.7. The zero-order valence-corrected chi connectivity index (χ0v) is 41.2. The van der Waals surface area contributed by atoms with Crippen molar-refractivity contribution in [3.63, 3.8) is 0 Å². The molecule has 3 heterocycles. The molecule has 6 aromatic carbocycles. The molecule has 0 aliphatic carbocycles. The van der Waals surface area contributed by atoms with Gasteiger partial charge < -0.3 is 0 Å². The van der Waals surface area contributed by atoms with Crippen LogP contribution >= 0.6 is 0 Å². The van der Waals surface area contributed by atoms with Crippen LogP contribution < -0.4 is 9.64 Å². The molecule has 0 spiro atoms. The Bertz CT molecular complexity index is 3010. The molecule has 0 fully saturated rings. The molecule has 328 valence electrons. The second-order valence-corrected chi connectivity index (χ2v) is 21.7. The third kappa shape index (κ3) is 8.48. The quantitative estimate of drug-likeness (QED) is 0.160. The Kier molecular flexibility index (Phi) is 11.3. The predicted octanol–water partition coefficient (Wildman–Crippen LogP) is 15.2. The SMILES string of the molecule is CC1Cc2ccc(Oc3cc(-n4[c](=[Pt])n(-c5c(-c6ccccc6)cc(C(C)(C)C)cc5-c5ccccc5)c5ccccc54)cc(C(C)(C)C)c3)cc2N(c2cc(C(C)(C)C)ccn2)C1. The Labute approximate surface area is 390 Å². The summed E-state index contributed by atoms with van der Waals surface area (Å²) in [5, 5.41) is 0. The van der Waals surface area contributed by atoms with Gasteiger partial charge >= 0.3 is 342 Å². The second-order valence-electron chi connectivity index (χ2n) is 20.7. The predicted molar refractivity (Wildman–Crippen MR) is 263 cm³/mol. The van der Waals surface area contributed by atoms with E-state index in [0.29, 0.717) is 5.92 Å². The zero-order chi connectivity index (χ0) is 45.1. The normalized spacial score (nSPS) is 14.5. The number of hydrogen-bond donors (Lipinski definition) is 0. The van der Waals surface area contributed by atoms with Gasteiger partial charge in [-0.15, -0.1) is 0 Å². The molecule has 1 aliphatic rings. The number of aromatic nitrogens is 3. The van der Waals surface area contributed by atoms with E-state index in [1.807, 2.05) is 6.20 Å². The summed E-state index contributed by atoms with van der Waals surface area (Å²) in [6, 6.07) is 53.1. The van der Waals surface area contributed by atoms with Gasteiger partial charge in [-0.25, -0.2) is 0 Å². The fraction of sp³-hybridized carbons (Fsp3) is 0.276. The first-order valence-electron chi connectivity index (χ1n) is 22.6. The molecule has 1 unspecified atom stereocenters. The van der Waals surface area contributed by atoms with Gasteiger partial charge in [-0.1, -0.05) is 27.7 Å². The Morgan fingerprint density at radius 1 is 0.562 bits per heavy atom. The molecule has 0 bridgehead atoms. The third-order valence-electron chi connectivity index (χ3n) is 12.6. The third-order valence-corrected chi connectivity index (χ3v) is 13.6. The fourth-order valence-electron chi connectivity index (χ4n) is 9.02. The van der Waals surface area contributed by atoms with Crippen LogP contribution in [0.3, 0.4) is 0 Å². The van der Waals surface area contributed by atoms with Crippen LogP contribution in [-0.4, -0.2) is 20.7 Å². The Hall–Kier alpha value is -5.77. The van der Waals surface area contributed by atoms with E-state index in [9.17, 15) is 0 Å². The molecule has 8 aromatic rings. The summed E-state index contributed by atoms with van der Waals surface area (Å²) in [4.78, 5) is 7.29. The average molecular weight is 1020 g/mol. The number of imidazole rings is 1. The first-order chi connectivity index (χ1) is 30.4. The van der Waals surface area contributed by atoms with Gasteiger partial charge in [-0.05, 0) is 17.0 Å². The molecule has 1 atom stereocenters. The van der Waals surface area contributed by atoms with Crippen molar-refractivity contribution in [2.24, 2.45) is 5.92 Å².